The molecule has 0 aliphatic rings. The van der Waals surface area contributed by atoms with Gasteiger partial charge in [-0.05, 0) is 17.2 Å². The summed E-state index contributed by atoms with van der Waals surface area (Å²) in [4.78, 5) is 3.99. The summed E-state index contributed by atoms with van der Waals surface area (Å²) in [7, 11) is 1.90. The van der Waals surface area contributed by atoms with E-state index in [0.717, 1.165) is 16.7 Å². The summed E-state index contributed by atoms with van der Waals surface area (Å²) in [6.45, 7) is 0.496. The van der Waals surface area contributed by atoms with Crippen molar-refractivity contribution in [1.82, 2.24) is 9.78 Å². The molecule has 1 heterocycles. The maximum atomic E-state index is 5.31. The summed E-state index contributed by atoms with van der Waals surface area (Å²) in [5.74, 6) is 0.108. The zero-order chi connectivity index (χ0) is 12.3. The predicted octanol–water partition coefficient (Wildman–Crippen LogP) is 0.861. The lowest BCUT2D eigenvalue weighted by atomic mass is 10.1. The van der Waals surface area contributed by atoms with Crippen LogP contribution < -0.4 is 11.5 Å². The van der Waals surface area contributed by atoms with Crippen LogP contribution >= 0.6 is 0 Å². The maximum absolute atomic E-state index is 5.31. The lowest BCUT2D eigenvalue weighted by Crippen LogP contribution is -2.22. The van der Waals surface area contributed by atoms with Crippen LogP contribution in [0.3, 0.4) is 0 Å². The summed E-state index contributed by atoms with van der Waals surface area (Å²) in [5, 5.41) is 4.15. The van der Waals surface area contributed by atoms with Gasteiger partial charge in [-0.1, -0.05) is 18.2 Å². The number of guanidine groups is 1. The molecule has 0 saturated carbocycles. The van der Waals surface area contributed by atoms with Crippen LogP contribution in [0.25, 0.3) is 11.1 Å². The largest absolute Gasteiger partial charge is 0.370 e. The summed E-state index contributed by atoms with van der Waals surface area (Å²) in [6.07, 6.45) is 3.80. The minimum Gasteiger partial charge on any atom is -0.370 e. The summed E-state index contributed by atoms with van der Waals surface area (Å²) in [6, 6.07) is 8.08. The maximum Gasteiger partial charge on any atom is 0.186 e. The van der Waals surface area contributed by atoms with E-state index in [1.807, 2.05) is 37.6 Å². The van der Waals surface area contributed by atoms with Crippen LogP contribution in [0.2, 0.25) is 0 Å². The first-order chi connectivity index (χ1) is 8.15. The molecule has 0 unspecified atom stereocenters. The van der Waals surface area contributed by atoms with E-state index in [4.69, 9.17) is 11.5 Å². The number of aliphatic imine (C=N–C) groups is 1. The molecule has 2 aromatic rings. The second kappa shape index (κ2) is 4.69. The molecule has 0 aliphatic carbocycles. The standard InChI is InChI=1S/C12H15N5/c1-17-8-11(7-16-17)10-4-2-3-9(5-10)6-15-12(13)14/h2-5,7-8H,6H2,1H3,(H4,13,14,15). The van der Waals surface area contributed by atoms with Crippen molar-refractivity contribution in [2.75, 3.05) is 0 Å². The third-order valence-corrected chi connectivity index (χ3v) is 2.41. The Balaban J connectivity index is 2.25. The number of nitrogens with zero attached hydrogens (tertiary/aromatic N) is 3. The molecule has 2 rings (SSSR count). The molecule has 5 heteroatoms. The highest BCUT2D eigenvalue weighted by Crippen LogP contribution is 2.19. The Morgan fingerprint density at radius 3 is 2.82 bits per heavy atom. The van der Waals surface area contributed by atoms with Crippen molar-refractivity contribution >= 4 is 5.96 Å². The predicted molar refractivity (Wildman–Crippen MR) is 68.2 cm³/mol. The zero-order valence-electron chi connectivity index (χ0n) is 9.67. The van der Waals surface area contributed by atoms with Crippen LogP contribution in [0.5, 0.6) is 0 Å². The van der Waals surface area contributed by atoms with E-state index in [9.17, 15) is 0 Å². The van der Waals surface area contributed by atoms with E-state index >= 15 is 0 Å². The Morgan fingerprint density at radius 2 is 2.18 bits per heavy atom. The van der Waals surface area contributed by atoms with Crippen molar-refractivity contribution in [3.8, 4) is 11.1 Å². The molecule has 0 spiro atoms. The molecule has 0 radical (unpaired) electrons. The summed E-state index contributed by atoms with van der Waals surface area (Å²) in [5.41, 5.74) is 13.9. The van der Waals surface area contributed by atoms with E-state index in [1.54, 1.807) is 4.68 Å². The van der Waals surface area contributed by atoms with Gasteiger partial charge < -0.3 is 11.5 Å². The highest BCUT2D eigenvalue weighted by Gasteiger charge is 2.01. The smallest absolute Gasteiger partial charge is 0.186 e. The average molecular weight is 229 g/mol. The molecule has 88 valence electrons. The van der Waals surface area contributed by atoms with Crippen molar-refractivity contribution in [2.45, 2.75) is 6.54 Å². The fraction of sp³-hybridized carbons (Fsp3) is 0.167. The van der Waals surface area contributed by atoms with Gasteiger partial charge in [0.15, 0.2) is 5.96 Å². The number of aryl methyl sites for hydroxylation is 1. The van der Waals surface area contributed by atoms with Gasteiger partial charge in [-0.15, -0.1) is 0 Å². The van der Waals surface area contributed by atoms with Gasteiger partial charge in [0.25, 0.3) is 0 Å². The Bertz CT molecular complexity index is 537. The van der Waals surface area contributed by atoms with Crippen LogP contribution in [0.1, 0.15) is 5.56 Å². The van der Waals surface area contributed by atoms with E-state index in [1.165, 1.54) is 0 Å². The molecule has 0 saturated heterocycles. The fourth-order valence-corrected chi connectivity index (χ4v) is 1.60. The van der Waals surface area contributed by atoms with Gasteiger partial charge >= 0.3 is 0 Å². The molecular weight excluding hydrogens is 214 g/mol. The number of aromatic nitrogens is 2. The van der Waals surface area contributed by atoms with E-state index in [2.05, 4.69) is 16.2 Å². The molecule has 0 amide bonds. The molecule has 0 fully saturated rings. The Morgan fingerprint density at radius 1 is 1.35 bits per heavy atom. The van der Waals surface area contributed by atoms with Gasteiger partial charge in [-0.3, -0.25) is 4.68 Å². The van der Waals surface area contributed by atoms with E-state index < -0.39 is 0 Å². The monoisotopic (exact) mass is 229 g/mol. The van der Waals surface area contributed by atoms with Crippen LogP contribution in [-0.2, 0) is 13.6 Å². The SMILES string of the molecule is Cn1cc(-c2cccc(CN=C(N)N)c2)cn1. The van der Waals surface area contributed by atoms with Crippen molar-refractivity contribution in [2.24, 2.45) is 23.5 Å². The first kappa shape index (κ1) is 11.2. The normalized spacial score (nSPS) is 10.2. The molecule has 5 nitrogen and oxygen atoms in total. The zero-order valence-corrected chi connectivity index (χ0v) is 9.67. The number of rotatable bonds is 3. The molecule has 17 heavy (non-hydrogen) atoms. The number of hydrogen-bond acceptors (Lipinski definition) is 2. The average Bonchev–Trinajstić information content (AvgIpc) is 2.74. The number of hydrogen-bond donors (Lipinski definition) is 2. The molecule has 0 bridgehead atoms. The van der Waals surface area contributed by atoms with Gasteiger partial charge in [-0.2, -0.15) is 5.10 Å². The fourth-order valence-electron chi connectivity index (χ4n) is 1.60. The highest BCUT2D eigenvalue weighted by atomic mass is 15.2. The van der Waals surface area contributed by atoms with E-state index in [0.29, 0.717) is 6.54 Å². The first-order valence-corrected chi connectivity index (χ1v) is 5.28. The van der Waals surface area contributed by atoms with Crippen LogP contribution in [-0.4, -0.2) is 15.7 Å². The van der Waals surface area contributed by atoms with Gasteiger partial charge in [0.1, 0.15) is 0 Å². The van der Waals surface area contributed by atoms with Crippen molar-refractivity contribution < 1.29 is 0 Å². The Kier molecular flexibility index (Phi) is 3.09. The van der Waals surface area contributed by atoms with Gasteiger partial charge in [0.05, 0.1) is 12.7 Å². The lowest BCUT2D eigenvalue weighted by Gasteiger charge is -2.01. The summed E-state index contributed by atoms with van der Waals surface area (Å²) >= 11 is 0. The lowest BCUT2D eigenvalue weighted by molar-refractivity contribution is 0.768. The third kappa shape index (κ3) is 2.84. The topological polar surface area (TPSA) is 82.2 Å². The molecule has 4 N–H and O–H groups in total. The molecule has 0 aliphatic heterocycles. The second-order valence-corrected chi connectivity index (χ2v) is 3.84. The molecule has 1 aromatic carbocycles. The third-order valence-electron chi connectivity index (χ3n) is 2.41. The molecule has 0 atom stereocenters. The van der Waals surface area contributed by atoms with Gasteiger partial charge in [-0.25, -0.2) is 4.99 Å². The number of benzene rings is 1. The molecule has 1 aromatic heterocycles. The van der Waals surface area contributed by atoms with Gasteiger partial charge in [0.2, 0.25) is 0 Å². The Hall–Kier alpha value is -2.30. The first-order valence-electron chi connectivity index (χ1n) is 5.28. The van der Waals surface area contributed by atoms with Gasteiger partial charge in [0, 0.05) is 18.8 Å². The minimum absolute atomic E-state index is 0.108. The quantitative estimate of drug-likeness (QED) is 0.605. The van der Waals surface area contributed by atoms with Crippen molar-refractivity contribution in [3.63, 3.8) is 0 Å². The Labute approximate surface area is 99.8 Å². The van der Waals surface area contributed by atoms with E-state index in [-0.39, 0.29) is 5.96 Å². The van der Waals surface area contributed by atoms with Crippen molar-refractivity contribution in [3.05, 3.63) is 42.2 Å². The molecular formula is C12H15N5. The highest BCUT2D eigenvalue weighted by molar-refractivity contribution is 5.75. The van der Waals surface area contributed by atoms with Crippen molar-refractivity contribution in [1.29, 1.82) is 0 Å². The van der Waals surface area contributed by atoms with Crippen LogP contribution in [0, 0.1) is 0 Å². The van der Waals surface area contributed by atoms with Crippen LogP contribution in [0.15, 0.2) is 41.7 Å². The number of nitrogens with two attached hydrogens (primary N) is 2. The minimum atomic E-state index is 0.108. The van der Waals surface area contributed by atoms with Crippen LogP contribution in [0.4, 0.5) is 0 Å². The second-order valence-electron chi connectivity index (χ2n) is 3.84. The summed E-state index contributed by atoms with van der Waals surface area (Å²) < 4.78 is 1.78.